The lowest BCUT2D eigenvalue weighted by atomic mass is 9.87. The molecule has 3 aromatic rings. The number of hydrogen-bond donors (Lipinski definition) is 1. The average molecular weight is 453 g/mol. The van der Waals surface area contributed by atoms with E-state index in [4.69, 9.17) is 0 Å². The van der Waals surface area contributed by atoms with Crippen molar-refractivity contribution in [2.24, 2.45) is 0 Å². The molecule has 0 fully saturated rings. The highest BCUT2D eigenvalue weighted by Crippen LogP contribution is 2.35. The number of hydrogen-bond acceptors (Lipinski definition) is 3. The number of nitrogens with zero attached hydrogens (tertiary/aromatic N) is 1. The number of aryl methyl sites for hydroxylation is 1. The Morgan fingerprint density at radius 2 is 1.35 bits per heavy atom. The lowest BCUT2D eigenvalue weighted by Crippen LogP contribution is -2.32. The van der Waals surface area contributed by atoms with Crippen LogP contribution in [0.15, 0.2) is 78.5 Å². The van der Waals surface area contributed by atoms with Gasteiger partial charge in [0.2, 0.25) is 0 Å². The zero-order valence-electron chi connectivity index (χ0n) is 20.8. The molecule has 4 nitrogen and oxygen atoms in total. The van der Waals surface area contributed by atoms with Crippen molar-refractivity contribution in [2.75, 3.05) is 10.2 Å². The predicted molar refractivity (Wildman–Crippen MR) is 140 cm³/mol. The molecule has 0 saturated heterocycles. The third kappa shape index (κ3) is 4.54. The van der Waals surface area contributed by atoms with Crippen LogP contribution in [0.4, 0.5) is 11.4 Å². The second-order valence-corrected chi connectivity index (χ2v) is 10.3. The third-order valence-electron chi connectivity index (χ3n) is 6.26. The van der Waals surface area contributed by atoms with E-state index in [-0.39, 0.29) is 17.2 Å². The van der Waals surface area contributed by atoms with E-state index in [1.807, 2.05) is 79.7 Å². The highest BCUT2D eigenvalue weighted by atomic mass is 16.2. The quantitative estimate of drug-likeness (QED) is 0.433. The van der Waals surface area contributed by atoms with Gasteiger partial charge in [-0.2, -0.15) is 0 Å². The first kappa shape index (κ1) is 23.5. The van der Waals surface area contributed by atoms with Crippen LogP contribution in [0.2, 0.25) is 0 Å². The van der Waals surface area contributed by atoms with Gasteiger partial charge in [-0.15, -0.1) is 0 Å². The molecule has 0 saturated carbocycles. The molecule has 1 aliphatic rings. The lowest BCUT2D eigenvalue weighted by Gasteiger charge is -2.21. The summed E-state index contributed by atoms with van der Waals surface area (Å²) in [7, 11) is 0. The Labute approximate surface area is 202 Å². The Balaban J connectivity index is 1.75. The van der Waals surface area contributed by atoms with Gasteiger partial charge in [0.25, 0.3) is 11.8 Å². The molecule has 3 aromatic carbocycles. The zero-order chi connectivity index (χ0) is 24.6. The normalized spacial score (nSPS) is 14.4. The summed E-state index contributed by atoms with van der Waals surface area (Å²) in [6.45, 7) is 12.7. The third-order valence-corrected chi connectivity index (χ3v) is 6.26. The molecule has 0 spiro atoms. The molecule has 0 bridgehead atoms. The van der Waals surface area contributed by atoms with Gasteiger partial charge in [-0.05, 0) is 59.2 Å². The van der Waals surface area contributed by atoms with Gasteiger partial charge in [0, 0.05) is 5.69 Å². The van der Waals surface area contributed by atoms with Crippen LogP contribution in [0.3, 0.4) is 0 Å². The summed E-state index contributed by atoms with van der Waals surface area (Å²) in [6, 6.07) is 23.4. The number of benzene rings is 3. The SMILES string of the molecule is Cc1ccc(C2=C(Nc3ccc(C(C)C)cc3)C(=O)N(c3ccc(C(C)(C)C)cc3)C2=O)cc1. The fraction of sp³-hybridized carbons (Fsp3) is 0.267. The van der Waals surface area contributed by atoms with E-state index in [2.05, 4.69) is 39.9 Å². The van der Waals surface area contributed by atoms with Crippen LogP contribution in [0, 0.1) is 6.92 Å². The molecule has 0 atom stereocenters. The standard InChI is InChI=1S/C30H32N2O2/c1-19(2)21-11-15-24(16-12-21)31-27-26(22-9-7-20(3)8-10-22)28(33)32(29(27)34)25-17-13-23(14-18-25)30(4,5)6/h7-19,31H,1-6H3. The largest absolute Gasteiger partial charge is 0.350 e. The summed E-state index contributed by atoms with van der Waals surface area (Å²) in [5, 5.41) is 3.25. The maximum Gasteiger partial charge on any atom is 0.282 e. The van der Waals surface area contributed by atoms with Crippen LogP contribution < -0.4 is 10.2 Å². The number of carbonyl (C=O) groups is 2. The van der Waals surface area contributed by atoms with E-state index < -0.39 is 0 Å². The number of imide groups is 1. The van der Waals surface area contributed by atoms with Gasteiger partial charge < -0.3 is 5.32 Å². The molecule has 4 heteroatoms. The van der Waals surface area contributed by atoms with Crippen molar-refractivity contribution in [2.45, 2.75) is 52.9 Å². The topological polar surface area (TPSA) is 49.4 Å². The second-order valence-electron chi connectivity index (χ2n) is 10.3. The van der Waals surface area contributed by atoms with Crippen LogP contribution in [0.5, 0.6) is 0 Å². The molecule has 1 N–H and O–H groups in total. The highest BCUT2D eigenvalue weighted by Gasteiger charge is 2.40. The van der Waals surface area contributed by atoms with Crippen LogP contribution in [0.1, 0.15) is 62.8 Å². The first-order valence-electron chi connectivity index (χ1n) is 11.7. The molecule has 1 aliphatic heterocycles. The molecular weight excluding hydrogens is 420 g/mol. The maximum atomic E-state index is 13.6. The van der Waals surface area contributed by atoms with Gasteiger partial charge >= 0.3 is 0 Å². The first-order chi connectivity index (χ1) is 16.1. The Kier molecular flexibility index (Phi) is 6.18. The molecule has 1 heterocycles. The minimum atomic E-state index is -0.350. The van der Waals surface area contributed by atoms with Crippen molar-refractivity contribution in [3.05, 3.63) is 101 Å². The summed E-state index contributed by atoms with van der Waals surface area (Å²) in [5.74, 6) is -0.256. The molecule has 0 aliphatic carbocycles. The molecular formula is C30H32N2O2. The summed E-state index contributed by atoms with van der Waals surface area (Å²) >= 11 is 0. The van der Waals surface area contributed by atoms with E-state index in [9.17, 15) is 9.59 Å². The van der Waals surface area contributed by atoms with Crippen LogP contribution in [0.25, 0.3) is 5.57 Å². The van der Waals surface area contributed by atoms with Crippen molar-refractivity contribution in [3.63, 3.8) is 0 Å². The number of amides is 2. The van der Waals surface area contributed by atoms with E-state index >= 15 is 0 Å². The van der Waals surface area contributed by atoms with Gasteiger partial charge in [0.15, 0.2) is 0 Å². The summed E-state index contributed by atoms with van der Waals surface area (Å²) in [6.07, 6.45) is 0. The van der Waals surface area contributed by atoms with E-state index in [1.54, 1.807) is 0 Å². The Morgan fingerprint density at radius 3 is 1.88 bits per heavy atom. The molecule has 0 aromatic heterocycles. The van der Waals surface area contributed by atoms with Crippen molar-refractivity contribution in [1.29, 1.82) is 0 Å². The van der Waals surface area contributed by atoms with Crippen LogP contribution >= 0.6 is 0 Å². The van der Waals surface area contributed by atoms with Gasteiger partial charge in [0.05, 0.1) is 11.3 Å². The minimum absolute atomic E-state index is 0.0161. The van der Waals surface area contributed by atoms with E-state index in [0.717, 1.165) is 22.4 Å². The van der Waals surface area contributed by atoms with Gasteiger partial charge in [-0.3, -0.25) is 9.59 Å². The summed E-state index contributed by atoms with van der Waals surface area (Å²) < 4.78 is 0. The second kappa shape index (κ2) is 8.94. The van der Waals surface area contributed by atoms with Crippen molar-refractivity contribution in [3.8, 4) is 0 Å². The lowest BCUT2D eigenvalue weighted by molar-refractivity contribution is -0.120. The number of nitrogens with one attached hydrogen (secondary N) is 1. The average Bonchev–Trinajstić information content (AvgIpc) is 3.03. The Morgan fingerprint density at radius 1 is 0.765 bits per heavy atom. The van der Waals surface area contributed by atoms with E-state index in [1.165, 1.54) is 10.5 Å². The highest BCUT2D eigenvalue weighted by molar-refractivity contribution is 6.46. The molecule has 4 rings (SSSR count). The van der Waals surface area contributed by atoms with E-state index in [0.29, 0.717) is 22.9 Å². The Bertz CT molecular complexity index is 1240. The fourth-order valence-corrected chi connectivity index (χ4v) is 4.07. The van der Waals surface area contributed by atoms with Gasteiger partial charge in [-0.1, -0.05) is 88.7 Å². The number of rotatable bonds is 5. The molecule has 174 valence electrons. The molecule has 0 unspecified atom stereocenters. The first-order valence-corrected chi connectivity index (χ1v) is 11.7. The minimum Gasteiger partial charge on any atom is -0.350 e. The number of carbonyl (C=O) groups excluding carboxylic acids is 2. The summed E-state index contributed by atoms with van der Waals surface area (Å²) in [5.41, 5.74) is 6.18. The van der Waals surface area contributed by atoms with Crippen molar-refractivity contribution in [1.82, 2.24) is 0 Å². The predicted octanol–water partition coefficient (Wildman–Crippen LogP) is 6.81. The number of anilines is 2. The van der Waals surface area contributed by atoms with Gasteiger partial charge in [-0.25, -0.2) is 4.90 Å². The molecule has 34 heavy (non-hydrogen) atoms. The summed E-state index contributed by atoms with van der Waals surface area (Å²) in [4.78, 5) is 28.5. The maximum absolute atomic E-state index is 13.6. The van der Waals surface area contributed by atoms with Crippen molar-refractivity contribution >= 4 is 28.8 Å². The molecule has 0 radical (unpaired) electrons. The van der Waals surface area contributed by atoms with Crippen LogP contribution in [-0.4, -0.2) is 11.8 Å². The van der Waals surface area contributed by atoms with Gasteiger partial charge in [0.1, 0.15) is 5.70 Å². The zero-order valence-corrected chi connectivity index (χ0v) is 20.8. The van der Waals surface area contributed by atoms with Crippen molar-refractivity contribution < 1.29 is 9.59 Å². The monoisotopic (exact) mass is 452 g/mol. The van der Waals surface area contributed by atoms with Crippen LogP contribution in [-0.2, 0) is 15.0 Å². The Hall–Kier alpha value is -3.66. The fourth-order valence-electron chi connectivity index (χ4n) is 4.07. The smallest absolute Gasteiger partial charge is 0.282 e. The molecule has 2 amide bonds.